The molecule has 0 N–H and O–H groups in total. The maximum Gasteiger partial charge on any atom is -0.00261 e. The second-order valence-electron chi connectivity index (χ2n) is 11.9. The van der Waals surface area contributed by atoms with Gasteiger partial charge in [0.1, 0.15) is 0 Å². The van der Waals surface area contributed by atoms with Crippen molar-refractivity contribution in [1.29, 1.82) is 0 Å². The SMILES string of the molecule is c1ccc(-c2c3ccccc3c(-c3ccc4cccc(-c5ccccc5C5CCCCC5)c4c3)c3ccccc23)cc1. The Balaban J connectivity index is 1.39. The second kappa shape index (κ2) is 10.6. The molecule has 1 aliphatic carbocycles. The van der Waals surface area contributed by atoms with Gasteiger partial charge in [-0.3, -0.25) is 0 Å². The Morgan fingerprint density at radius 1 is 0.381 bits per heavy atom. The summed E-state index contributed by atoms with van der Waals surface area (Å²) in [6, 6.07) is 51.9. The topological polar surface area (TPSA) is 0 Å². The van der Waals surface area contributed by atoms with Crippen LogP contribution in [0.1, 0.15) is 43.6 Å². The Morgan fingerprint density at radius 3 is 1.64 bits per heavy atom. The minimum atomic E-state index is 0.659. The highest BCUT2D eigenvalue weighted by atomic mass is 14.2. The van der Waals surface area contributed by atoms with Crippen molar-refractivity contribution in [1.82, 2.24) is 0 Å². The molecule has 0 amide bonds. The van der Waals surface area contributed by atoms with Crippen molar-refractivity contribution >= 4 is 32.3 Å². The summed E-state index contributed by atoms with van der Waals surface area (Å²) in [5.41, 5.74) is 9.45. The minimum absolute atomic E-state index is 0.659. The van der Waals surface area contributed by atoms with Gasteiger partial charge in [0, 0.05) is 0 Å². The molecule has 0 aromatic heterocycles. The maximum atomic E-state index is 2.46. The number of fused-ring (bicyclic) bond motifs is 3. The van der Waals surface area contributed by atoms with Crippen molar-refractivity contribution in [2.75, 3.05) is 0 Å². The monoisotopic (exact) mass is 538 g/mol. The smallest absolute Gasteiger partial charge is 0.00261 e. The Hall–Kier alpha value is -4.68. The number of benzene rings is 7. The number of hydrogen-bond acceptors (Lipinski definition) is 0. The minimum Gasteiger partial charge on any atom is -0.0622 e. The molecule has 0 spiro atoms. The number of rotatable bonds is 4. The predicted octanol–water partition coefficient (Wildman–Crippen LogP) is 12.2. The summed E-state index contributed by atoms with van der Waals surface area (Å²) in [7, 11) is 0. The zero-order valence-corrected chi connectivity index (χ0v) is 23.9. The van der Waals surface area contributed by atoms with Crippen LogP contribution >= 0.6 is 0 Å². The van der Waals surface area contributed by atoms with Gasteiger partial charge in [0.15, 0.2) is 0 Å². The van der Waals surface area contributed by atoms with E-state index in [1.807, 2.05) is 0 Å². The largest absolute Gasteiger partial charge is 0.0622 e. The molecule has 0 heteroatoms. The van der Waals surface area contributed by atoms with Crippen LogP contribution in [0.4, 0.5) is 0 Å². The van der Waals surface area contributed by atoms with Crippen molar-refractivity contribution in [2.45, 2.75) is 38.0 Å². The van der Waals surface area contributed by atoms with E-state index in [0.29, 0.717) is 5.92 Å². The third-order valence-electron chi connectivity index (χ3n) is 9.46. The fraction of sp³-hybridized carbons (Fsp3) is 0.143. The highest BCUT2D eigenvalue weighted by molar-refractivity contribution is 6.21. The molecule has 202 valence electrons. The van der Waals surface area contributed by atoms with Gasteiger partial charge in [-0.1, -0.05) is 153 Å². The first-order chi connectivity index (χ1) is 20.9. The summed E-state index contributed by atoms with van der Waals surface area (Å²) in [6.07, 6.45) is 6.68. The van der Waals surface area contributed by atoms with E-state index in [1.54, 1.807) is 0 Å². The van der Waals surface area contributed by atoms with E-state index >= 15 is 0 Å². The Labute approximate surface area is 248 Å². The van der Waals surface area contributed by atoms with Crippen molar-refractivity contribution in [3.05, 3.63) is 145 Å². The van der Waals surface area contributed by atoms with Crippen LogP contribution in [0.3, 0.4) is 0 Å². The highest BCUT2D eigenvalue weighted by Crippen LogP contribution is 2.45. The Morgan fingerprint density at radius 2 is 0.952 bits per heavy atom. The standard InChI is InChI=1S/C42H34/c1-3-14-29(15-4-1)33-19-7-8-20-34(33)35-25-13-18-30-26-27-32(28-40(30)35)42-38-23-11-9-21-36(38)41(31-16-5-2-6-17-31)37-22-10-12-24-39(37)42/h2,5-13,16-29H,1,3-4,14-15H2. The van der Waals surface area contributed by atoms with Gasteiger partial charge >= 0.3 is 0 Å². The highest BCUT2D eigenvalue weighted by Gasteiger charge is 2.21. The van der Waals surface area contributed by atoms with Crippen LogP contribution in [0.2, 0.25) is 0 Å². The zero-order chi connectivity index (χ0) is 27.9. The van der Waals surface area contributed by atoms with Crippen LogP contribution in [-0.2, 0) is 0 Å². The molecule has 7 aromatic carbocycles. The predicted molar refractivity (Wildman–Crippen MR) is 181 cm³/mol. The van der Waals surface area contributed by atoms with E-state index in [1.165, 1.54) is 103 Å². The van der Waals surface area contributed by atoms with Gasteiger partial charge in [0.2, 0.25) is 0 Å². The maximum absolute atomic E-state index is 2.46. The van der Waals surface area contributed by atoms with Gasteiger partial charge in [0.05, 0.1) is 0 Å². The molecule has 0 bridgehead atoms. The van der Waals surface area contributed by atoms with Gasteiger partial charge in [-0.2, -0.15) is 0 Å². The van der Waals surface area contributed by atoms with Gasteiger partial charge in [-0.05, 0) is 96.1 Å². The summed E-state index contributed by atoms with van der Waals surface area (Å²) in [6.45, 7) is 0. The molecule has 0 radical (unpaired) electrons. The van der Waals surface area contributed by atoms with Crippen molar-refractivity contribution in [2.24, 2.45) is 0 Å². The quantitative estimate of drug-likeness (QED) is 0.196. The summed E-state index contributed by atoms with van der Waals surface area (Å²) in [4.78, 5) is 0. The molecular weight excluding hydrogens is 504 g/mol. The lowest BCUT2D eigenvalue weighted by Gasteiger charge is -2.25. The molecule has 0 saturated heterocycles. The fourth-order valence-corrected chi connectivity index (χ4v) is 7.53. The lowest BCUT2D eigenvalue weighted by Crippen LogP contribution is -2.06. The molecular formula is C42H34. The van der Waals surface area contributed by atoms with Crippen LogP contribution < -0.4 is 0 Å². The number of hydrogen-bond donors (Lipinski definition) is 0. The first-order valence-corrected chi connectivity index (χ1v) is 15.5. The van der Waals surface area contributed by atoms with Crippen molar-refractivity contribution in [3.63, 3.8) is 0 Å². The van der Waals surface area contributed by atoms with Crippen molar-refractivity contribution in [3.8, 4) is 33.4 Å². The van der Waals surface area contributed by atoms with Gasteiger partial charge in [-0.15, -0.1) is 0 Å². The van der Waals surface area contributed by atoms with Crippen LogP contribution in [0.5, 0.6) is 0 Å². The molecule has 0 heterocycles. The average molecular weight is 539 g/mol. The van der Waals surface area contributed by atoms with Gasteiger partial charge in [-0.25, -0.2) is 0 Å². The normalized spacial score (nSPS) is 14.1. The molecule has 8 rings (SSSR count). The molecule has 0 nitrogen and oxygen atoms in total. The Kier molecular flexibility index (Phi) is 6.34. The van der Waals surface area contributed by atoms with E-state index < -0.39 is 0 Å². The van der Waals surface area contributed by atoms with E-state index in [-0.39, 0.29) is 0 Å². The lowest BCUT2D eigenvalue weighted by molar-refractivity contribution is 0.444. The molecule has 42 heavy (non-hydrogen) atoms. The van der Waals surface area contributed by atoms with E-state index in [2.05, 4.69) is 140 Å². The molecule has 1 fully saturated rings. The van der Waals surface area contributed by atoms with Crippen LogP contribution in [0.25, 0.3) is 65.7 Å². The first kappa shape index (κ1) is 25.1. The van der Waals surface area contributed by atoms with Crippen LogP contribution in [-0.4, -0.2) is 0 Å². The third-order valence-corrected chi connectivity index (χ3v) is 9.46. The fourth-order valence-electron chi connectivity index (χ4n) is 7.53. The lowest BCUT2D eigenvalue weighted by atomic mass is 9.80. The average Bonchev–Trinajstić information content (AvgIpc) is 3.07. The van der Waals surface area contributed by atoms with Gasteiger partial charge < -0.3 is 0 Å². The molecule has 0 unspecified atom stereocenters. The summed E-state index contributed by atoms with van der Waals surface area (Å²) in [5, 5.41) is 7.83. The molecule has 1 saturated carbocycles. The summed E-state index contributed by atoms with van der Waals surface area (Å²) in [5.74, 6) is 0.659. The van der Waals surface area contributed by atoms with E-state index in [4.69, 9.17) is 0 Å². The molecule has 1 aliphatic rings. The molecule has 0 aliphatic heterocycles. The summed E-state index contributed by atoms with van der Waals surface area (Å²) >= 11 is 0. The summed E-state index contributed by atoms with van der Waals surface area (Å²) < 4.78 is 0. The third kappa shape index (κ3) is 4.22. The second-order valence-corrected chi connectivity index (χ2v) is 11.9. The van der Waals surface area contributed by atoms with Crippen molar-refractivity contribution < 1.29 is 0 Å². The molecule has 7 aromatic rings. The molecule has 0 atom stereocenters. The van der Waals surface area contributed by atoms with Crippen LogP contribution in [0.15, 0.2) is 140 Å². The zero-order valence-electron chi connectivity index (χ0n) is 23.9. The first-order valence-electron chi connectivity index (χ1n) is 15.5. The van der Waals surface area contributed by atoms with Gasteiger partial charge in [0.25, 0.3) is 0 Å². The Bertz CT molecular complexity index is 2000. The van der Waals surface area contributed by atoms with E-state index in [0.717, 1.165) is 0 Å². The van der Waals surface area contributed by atoms with Crippen LogP contribution in [0, 0.1) is 0 Å². The van der Waals surface area contributed by atoms with E-state index in [9.17, 15) is 0 Å².